The lowest BCUT2D eigenvalue weighted by Crippen LogP contribution is -2.51. The molecule has 1 aromatic rings. The second-order valence-corrected chi connectivity index (χ2v) is 8.85. The topological polar surface area (TPSA) is 94.2 Å². The Labute approximate surface area is 179 Å². The minimum atomic E-state index is -0.985. The number of nitrogens with zero attached hydrogens (tertiary/aromatic N) is 1. The van der Waals surface area contributed by atoms with Gasteiger partial charge in [0.15, 0.2) is 11.5 Å². The van der Waals surface area contributed by atoms with Crippen molar-refractivity contribution in [3.05, 3.63) is 29.3 Å². The lowest BCUT2D eigenvalue weighted by Gasteiger charge is -2.37. The van der Waals surface area contributed by atoms with Gasteiger partial charge in [0.25, 0.3) is 0 Å². The molecule has 1 N–H and O–H groups in total. The van der Waals surface area contributed by atoms with Crippen molar-refractivity contribution >= 4 is 28.4 Å². The number of hydrogen-bond donors (Lipinski definition) is 1. The lowest BCUT2D eigenvalue weighted by atomic mass is 9.88. The maximum absolute atomic E-state index is 12.9. The molecule has 9 heteroatoms. The van der Waals surface area contributed by atoms with Gasteiger partial charge in [-0.3, -0.25) is 4.21 Å². The second kappa shape index (κ2) is 9.51. The number of carbonyl (C=O) groups excluding carboxylic acids is 2. The van der Waals surface area contributed by atoms with Crippen LogP contribution in [0.25, 0.3) is 5.57 Å². The molecule has 3 rings (SSSR count). The third-order valence-electron chi connectivity index (χ3n) is 5.63. The minimum Gasteiger partial charge on any atom is -0.493 e. The van der Waals surface area contributed by atoms with Gasteiger partial charge < -0.3 is 24.4 Å². The maximum atomic E-state index is 12.9. The molecule has 0 saturated carbocycles. The van der Waals surface area contributed by atoms with Crippen molar-refractivity contribution in [3.63, 3.8) is 0 Å². The molecule has 1 saturated heterocycles. The molecule has 0 aliphatic carbocycles. The molecule has 1 fully saturated rings. The van der Waals surface area contributed by atoms with Gasteiger partial charge in [0.05, 0.1) is 32.9 Å². The van der Waals surface area contributed by atoms with Crippen molar-refractivity contribution in [2.45, 2.75) is 31.3 Å². The largest absolute Gasteiger partial charge is 0.493 e. The molecule has 0 spiro atoms. The Morgan fingerprint density at radius 3 is 2.60 bits per heavy atom. The van der Waals surface area contributed by atoms with E-state index in [1.54, 1.807) is 31.4 Å². The van der Waals surface area contributed by atoms with E-state index in [0.717, 1.165) is 17.6 Å². The highest BCUT2D eigenvalue weighted by molar-refractivity contribution is 7.84. The molecule has 3 atom stereocenters. The van der Waals surface area contributed by atoms with Gasteiger partial charge in [-0.1, -0.05) is 12.1 Å². The average Bonchev–Trinajstić information content (AvgIpc) is 3.05. The van der Waals surface area contributed by atoms with Crippen LogP contribution in [0.2, 0.25) is 0 Å². The first kappa shape index (κ1) is 22.1. The van der Waals surface area contributed by atoms with E-state index in [0.29, 0.717) is 42.2 Å². The monoisotopic (exact) mass is 436 g/mol. The standard InChI is InChI=1S/C21H28N2O6S/c1-27-17-7-5-6-14(19(17)28-2)15-12-13-8-9-16(18(15)20(24)29-3)23(13)21(25)22-10-11-30(4)26/h5-7,13,16H,8-12H2,1-4H3,(H,22,25)/t13-,16+,30?/m0/s1. The van der Waals surface area contributed by atoms with Crippen LogP contribution in [0.3, 0.4) is 0 Å². The molecule has 164 valence electrons. The van der Waals surface area contributed by atoms with Crippen molar-refractivity contribution in [3.8, 4) is 11.5 Å². The highest BCUT2D eigenvalue weighted by atomic mass is 32.2. The number of rotatable bonds is 7. The Morgan fingerprint density at radius 1 is 1.20 bits per heavy atom. The number of methoxy groups -OCH3 is 3. The van der Waals surface area contributed by atoms with Gasteiger partial charge in [-0.25, -0.2) is 9.59 Å². The number of urea groups is 1. The Bertz CT molecular complexity index is 884. The summed E-state index contributed by atoms with van der Waals surface area (Å²) in [6.45, 7) is 0.325. The smallest absolute Gasteiger partial charge is 0.336 e. The van der Waals surface area contributed by atoms with Gasteiger partial charge in [-0.05, 0) is 30.9 Å². The van der Waals surface area contributed by atoms with Crippen LogP contribution < -0.4 is 14.8 Å². The molecule has 1 aromatic carbocycles. The Morgan fingerprint density at radius 2 is 1.97 bits per heavy atom. The number of para-hydroxylation sites is 1. The first-order valence-electron chi connectivity index (χ1n) is 9.81. The summed E-state index contributed by atoms with van der Waals surface area (Å²) in [6.07, 6.45) is 3.58. The van der Waals surface area contributed by atoms with E-state index in [1.807, 2.05) is 12.1 Å². The first-order valence-corrected chi connectivity index (χ1v) is 11.5. The van der Waals surface area contributed by atoms with E-state index >= 15 is 0 Å². The fourth-order valence-electron chi connectivity index (χ4n) is 4.36. The molecule has 0 aromatic heterocycles. The summed E-state index contributed by atoms with van der Waals surface area (Å²) >= 11 is 0. The van der Waals surface area contributed by atoms with Gasteiger partial charge >= 0.3 is 12.0 Å². The molecule has 2 aliphatic heterocycles. The molecule has 2 aliphatic rings. The summed E-state index contributed by atoms with van der Waals surface area (Å²) in [7, 11) is 3.49. The Kier molecular flexibility index (Phi) is 7.02. The van der Waals surface area contributed by atoms with Crippen molar-refractivity contribution in [1.82, 2.24) is 10.2 Å². The van der Waals surface area contributed by atoms with E-state index in [9.17, 15) is 13.8 Å². The van der Waals surface area contributed by atoms with Gasteiger partial charge in [-0.15, -0.1) is 0 Å². The summed E-state index contributed by atoms with van der Waals surface area (Å²) in [5.74, 6) is 1.07. The van der Waals surface area contributed by atoms with E-state index in [2.05, 4.69) is 5.32 Å². The van der Waals surface area contributed by atoms with Crippen molar-refractivity contribution in [2.24, 2.45) is 0 Å². The maximum Gasteiger partial charge on any atom is 0.336 e. The minimum absolute atomic E-state index is 0.0403. The molecule has 1 unspecified atom stereocenters. The summed E-state index contributed by atoms with van der Waals surface area (Å²) < 4.78 is 27.4. The number of fused-ring (bicyclic) bond motifs is 2. The van der Waals surface area contributed by atoms with Crippen LogP contribution >= 0.6 is 0 Å². The zero-order chi connectivity index (χ0) is 21.8. The highest BCUT2D eigenvalue weighted by Crippen LogP contribution is 2.47. The molecule has 2 amide bonds. The van der Waals surface area contributed by atoms with Crippen LogP contribution in [-0.4, -0.2) is 73.1 Å². The number of benzene rings is 1. The van der Waals surface area contributed by atoms with Crippen LogP contribution in [0.4, 0.5) is 4.79 Å². The van der Waals surface area contributed by atoms with Crippen molar-refractivity contribution in [1.29, 1.82) is 0 Å². The number of amides is 2. The summed E-state index contributed by atoms with van der Waals surface area (Å²) in [4.78, 5) is 27.4. The van der Waals surface area contributed by atoms with Crippen LogP contribution in [0.5, 0.6) is 11.5 Å². The van der Waals surface area contributed by atoms with Gasteiger partial charge in [-0.2, -0.15) is 0 Å². The molecular formula is C21H28N2O6S. The van der Waals surface area contributed by atoms with Gasteiger partial charge in [0.1, 0.15) is 0 Å². The third kappa shape index (κ3) is 4.16. The van der Waals surface area contributed by atoms with Gasteiger partial charge in [0.2, 0.25) is 0 Å². The lowest BCUT2D eigenvalue weighted by molar-refractivity contribution is -0.136. The van der Waals surface area contributed by atoms with Crippen LogP contribution in [-0.2, 0) is 20.3 Å². The molecule has 8 nitrogen and oxygen atoms in total. The molecular weight excluding hydrogens is 408 g/mol. The van der Waals surface area contributed by atoms with Crippen LogP contribution in [0, 0.1) is 0 Å². The number of nitrogens with one attached hydrogen (secondary N) is 1. The average molecular weight is 437 g/mol. The van der Waals surface area contributed by atoms with Crippen LogP contribution in [0.1, 0.15) is 24.8 Å². The molecule has 30 heavy (non-hydrogen) atoms. The third-order valence-corrected chi connectivity index (χ3v) is 6.41. The zero-order valence-corrected chi connectivity index (χ0v) is 18.5. The summed E-state index contributed by atoms with van der Waals surface area (Å²) in [6, 6.07) is 4.88. The first-order chi connectivity index (χ1) is 14.4. The normalized spacial score (nSPS) is 21.3. The fraction of sp³-hybridized carbons (Fsp3) is 0.524. The fourth-order valence-corrected chi connectivity index (χ4v) is 4.75. The zero-order valence-electron chi connectivity index (χ0n) is 17.7. The summed E-state index contributed by atoms with van der Waals surface area (Å²) in [5, 5.41) is 2.83. The van der Waals surface area contributed by atoms with Crippen LogP contribution in [0.15, 0.2) is 23.8 Å². The second-order valence-electron chi connectivity index (χ2n) is 7.29. The quantitative estimate of drug-likeness (QED) is 0.657. The Balaban J connectivity index is 2.01. The molecule has 0 radical (unpaired) electrons. The van der Waals surface area contributed by atoms with Gasteiger partial charge in [0, 0.05) is 41.0 Å². The highest BCUT2D eigenvalue weighted by Gasteiger charge is 2.47. The van der Waals surface area contributed by atoms with E-state index < -0.39 is 16.8 Å². The Hall–Kier alpha value is -2.55. The van der Waals surface area contributed by atoms with E-state index in [1.165, 1.54) is 7.11 Å². The SMILES string of the molecule is COC(=O)C1=C(c2cccc(OC)c2OC)C[C@@H]2CC[C@H]1N2C(=O)NCCS(C)=O. The van der Waals surface area contributed by atoms with E-state index in [-0.39, 0.29) is 18.1 Å². The summed E-state index contributed by atoms with van der Waals surface area (Å²) in [5.41, 5.74) is 2.08. The number of esters is 1. The molecule has 2 bridgehead atoms. The van der Waals surface area contributed by atoms with E-state index in [4.69, 9.17) is 14.2 Å². The number of carbonyl (C=O) groups is 2. The number of ether oxygens (including phenoxy) is 3. The molecule has 2 heterocycles. The van der Waals surface area contributed by atoms with Crippen molar-refractivity contribution in [2.75, 3.05) is 39.9 Å². The number of hydrogen-bond acceptors (Lipinski definition) is 6. The van der Waals surface area contributed by atoms with Crippen molar-refractivity contribution < 1.29 is 28.0 Å². The predicted molar refractivity (Wildman–Crippen MR) is 114 cm³/mol. The predicted octanol–water partition coefficient (Wildman–Crippen LogP) is 1.96.